The summed E-state index contributed by atoms with van der Waals surface area (Å²) < 4.78 is 6.08. The van der Waals surface area contributed by atoms with Crippen molar-refractivity contribution in [3.63, 3.8) is 0 Å². The van der Waals surface area contributed by atoms with E-state index in [-0.39, 0.29) is 12.7 Å². The standard InChI is InChI=1S/C18H20O2S/c1-13(12-21-16-5-3-2-4-6-16)17-10-15-8-7-14(11-19)9-18(15)20-17/h2-9,13,17,19H,10-12H2,1H3/t13-,17-/m1/s1. The molecule has 0 unspecified atom stereocenters. The van der Waals surface area contributed by atoms with Crippen LogP contribution in [0.2, 0.25) is 0 Å². The van der Waals surface area contributed by atoms with Crippen LogP contribution in [0.3, 0.4) is 0 Å². The summed E-state index contributed by atoms with van der Waals surface area (Å²) >= 11 is 1.88. The highest BCUT2D eigenvalue weighted by atomic mass is 32.2. The Bertz CT molecular complexity index is 597. The van der Waals surface area contributed by atoms with Gasteiger partial charge in [-0.3, -0.25) is 0 Å². The highest BCUT2D eigenvalue weighted by Crippen LogP contribution is 2.34. The normalized spacial score (nSPS) is 18.1. The fourth-order valence-corrected chi connectivity index (χ4v) is 3.59. The summed E-state index contributed by atoms with van der Waals surface area (Å²) in [6, 6.07) is 16.5. The van der Waals surface area contributed by atoms with Crippen LogP contribution >= 0.6 is 11.8 Å². The van der Waals surface area contributed by atoms with Gasteiger partial charge in [-0.2, -0.15) is 0 Å². The molecule has 2 atom stereocenters. The molecule has 2 aromatic carbocycles. The molecule has 0 saturated heterocycles. The van der Waals surface area contributed by atoms with Gasteiger partial charge in [-0.1, -0.05) is 37.3 Å². The van der Waals surface area contributed by atoms with Gasteiger partial charge in [0, 0.05) is 23.0 Å². The molecule has 0 saturated carbocycles. The summed E-state index contributed by atoms with van der Waals surface area (Å²) in [6.07, 6.45) is 1.21. The molecule has 0 aliphatic carbocycles. The molecule has 0 fully saturated rings. The number of thioether (sulfide) groups is 1. The first kappa shape index (κ1) is 14.5. The molecule has 0 aromatic heterocycles. The Labute approximate surface area is 130 Å². The second-order valence-corrected chi connectivity index (χ2v) is 6.66. The Morgan fingerprint density at radius 3 is 2.81 bits per heavy atom. The summed E-state index contributed by atoms with van der Waals surface area (Å²) in [5.41, 5.74) is 2.18. The summed E-state index contributed by atoms with van der Waals surface area (Å²) in [7, 11) is 0. The van der Waals surface area contributed by atoms with Crippen LogP contribution in [0.15, 0.2) is 53.4 Å². The van der Waals surface area contributed by atoms with Crippen molar-refractivity contribution in [1.29, 1.82) is 0 Å². The van der Waals surface area contributed by atoms with Crippen LogP contribution in [0.1, 0.15) is 18.1 Å². The first-order valence-corrected chi connectivity index (χ1v) is 8.32. The molecule has 0 spiro atoms. The minimum absolute atomic E-state index is 0.0702. The number of aliphatic hydroxyl groups excluding tert-OH is 1. The van der Waals surface area contributed by atoms with Gasteiger partial charge < -0.3 is 9.84 Å². The zero-order valence-electron chi connectivity index (χ0n) is 12.2. The lowest BCUT2D eigenvalue weighted by atomic mass is 10.0. The van der Waals surface area contributed by atoms with Crippen LogP contribution in [-0.4, -0.2) is 17.0 Å². The van der Waals surface area contributed by atoms with Crippen molar-refractivity contribution >= 4 is 11.8 Å². The number of benzene rings is 2. The molecule has 1 N–H and O–H groups in total. The molecule has 3 heteroatoms. The first-order chi connectivity index (χ1) is 10.3. The van der Waals surface area contributed by atoms with Gasteiger partial charge in [0.2, 0.25) is 0 Å². The van der Waals surface area contributed by atoms with E-state index in [9.17, 15) is 5.11 Å². The van der Waals surface area contributed by atoms with Crippen molar-refractivity contribution in [2.45, 2.75) is 31.0 Å². The number of hydrogen-bond donors (Lipinski definition) is 1. The number of hydrogen-bond acceptors (Lipinski definition) is 3. The smallest absolute Gasteiger partial charge is 0.123 e. The van der Waals surface area contributed by atoms with Crippen molar-refractivity contribution in [3.8, 4) is 5.75 Å². The summed E-state index contributed by atoms with van der Waals surface area (Å²) in [6.45, 7) is 2.32. The molecule has 1 aliphatic rings. The fourth-order valence-electron chi connectivity index (χ4n) is 2.57. The topological polar surface area (TPSA) is 29.5 Å². The van der Waals surface area contributed by atoms with Crippen molar-refractivity contribution in [1.82, 2.24) is 0 Å². The predicted octanol–water partition coefficient (Wildman–Crippen LogP) is 3.91. The number of aliphatic hydroxyl groups is 1. The number of fused-ring (bicyclic) bond motifs is 1. The maximum atomic E-state index is 9.20. The third-order valence-electron chi connectivity index (χ3n) is 3.90. The van der Waals surface area contributed by atoms with Gasteiger partial charge in [0.25, 0.3) is 0 Å². The van der Waals surface area contributed by atoms with Crippen LogP contribution in [0.25, 0.3) is 0 Å². The maximum absolute atomic E-state index is 9.20. The third-order valence-corrected chi connectivity index (χ3v) is 5.20. The van der Waals surface area contributed by atoms with E-state index < -0.39 is 0 Å². The molecule has 0 bridgehead atoms. The number of rotatable bonds is 5. The Kier molecular flexibility index (Phi) is 4.51. The van der Waals surface area contributed by atoms with E-state index in [1.54, 1.807) is 0 Å². The van der Waals surface area contributed by atoms with Crippen LogP contribution in [0, 0.1) is 5.92 Å². The van der Waals surface area contributed by atoms with Gasteiger partial charge in [0.1, 0.15) is 11.9 Å². The molecular weight excluding hydrogens is 280 g/mol. The van der Waals surface area contributed by atoms with E-state index in [4.69, 9.17) is 4.74 Å². The van der Waals surface area contributed by atoms with E-state index in [1.165, 1.54) is 10.5 Å². The van der Waals surface area contributed by atoms with E-state index in [0.29, 0.717) is 5.92 Å². The van der Waals surface area contributed by atoms with Gasteiger partial charge in [-0.15, -0.1) is 11.8 Å². The minimum atomic E-state index is 0.0702. The molecular formula is C18H20O2S. The monoisotopic (exact) mass is 300 g/mol. The zero-order valence-corrected chi connectivity index (χ0v) is 13.0. The molecule has 2 nitrogen and oxygen atoms in total. The molecule has 110 valence electrons. The molecule has 1 heterocycles. The van der Waals surface area contributed by atoms with Crippen LogP contribution < -0.4 is 4.74 Å². The molecule has 21 heavy (non-hydrogen) atoms. The van der Waals surface area contributed by atoms with Gasteiger partial charge in [-0.25, -0.2) is 0 Å². The summed E-state index contributed by atoms with van der Waals surface area (Å²) in [5.74, 6) is 2.48. The Hall–Kier alpha value is -1.45. The van der Waals surface area contributed by atoms with Gasteiger partial charge in [0.05, 0.1) is 6.61 Å². The molecule has 1 aliphatic heterocycles. The van der Waals surface area contributed by atoms with Gasteiger partial charge >= 0.3 is 0 Å². The first-order valence-electron chi connectivity index (χ1n) is 7.33. The average Bonchev–Trinajstić information content (AvgIpc) is 2.96. The van der Waals surface area contributed by atoms with E-state index in [2.05, 4.69) is 37.3 Å². The van der Waals surface area contributed by atoms with Crippen LogP contribution in [0.5, 0.6) is 5.75 Å². The summed E-state index contributed by atoms with van der Waals surface area (Å²) in [5, 5.41) is 9.20. The van der Waals surface area contributed by atoms with Crippen molar-refractivity contribution in [3.05, 3.63) is 59.7 Å². The fraction of sp³-hybridized carbons (Fsp3) is 0.333. The SMILES string of the molecule is C[C@H](CSc1ccccc1)[C@H]1Cc2ccc(CO)cc2O1. The predicted molar refractivity (Wildman–Crippen MR) is 86.8 cm³/mol. The van der Waals surface area contributed by atoms with Gasteiger partial charge in [0.15, 0.2) is 0 Å². The Morgan fingerprint density at radius 1 is 1.24 bits per heavy atom. The molecule has 0 radical (unpaired) electrons. The number of ether oxygens (including phenoxy) is 1. The van der Waals surface area contributed by atoms with Crippen molar-refractivity contribution < 1.29 is 9.84 Å². The quantitative estimate of drug-likeness (QED) is 0.849. The van der Waals surface area contributed by atoms with Crippen LogP contribution in [0.4, 0.5) is 0 Å². The highest BCUT2D eigenvalue weighted by Gasteiger charge is 2.27. The second kappa shape index (κ2) is 6.54. The Balaban J connectivity index is 1.59. The Morgan fingerprint density at radius 2 is 2.05 bits per heavy atom. The van der Waals surface area contributed by atoms with Crippen molar-refractivity contribution in [2.75, 3.05) is 5.75 Å². The molecule has 0 amide bonds. The lowest BCUT2D eigenvalue weighted by Gasteiger charge is -2.18. The summed E-state index contributed by atoms with van der Waals surface area (Å²) in [4.78, 5) is 1.31. The lowest BCUT2D eigenvalue weighted by Crippen LogP contribution is -2.24. The third kappa shape index (κ3) is 3.42. The highest BCUT2D eigenvalue weighted by molar-refractivity contribution is 7.99. The van der Waals surface area contributed by atoms with E-state index in [0.717, 1.165) is 23.5 Å². The molecule has 2 aromatic rings. The lowest BCUT2D eigenvalue weighted by molar-refractivity contribution is 0.180. The van der Waals surface area contributed by atoms with E-state index in [1.807, 2.05) is 30.0 Å². The maximum Gasteiger partial charge on any atom is 0.123 e. The minimum Gasteiger partial charge on any atom is -0.489 e. The van der Waals surface area contributed by atoms with Crippen molar-refractivity contribution in [2.24, 2.45) is 5.92 Å². The van der Waals surface area contributed by atoms with Crippen LogP contribution in [-0.2, 0) is 13.0 Å². The molecule has 3 rings (SSSR count). The average molecular weight is 300 g/mol. The van der Waals surface area contributed by atoms with E-state index >= 15 is 0 Å². The second-order valence-electron chi connectivity index (χ2n) is 5.56. The largest absolute Gasteiger partial charge is 0.489 e. The van der Waals surface area contributed by atoms with Gasteiger partial charge in [-0.05, 0) is 29.3 Å². The zero-order chi connectivity index (χ0) is 14.7.